The topological polar surface area (TPSA) is 21.3 Å². The number of rotatable bonds is 3. The van der Waals surface area contributed by atoms with Crippen molar-refractivity contribution in [3.05, 3.63) is 28.3 Å². The fourth-order valence-corrected chi connectivity index (χ4v) is 3.24. The van der Waals surface area contributed by atoms with Crippen LogP contribution in [0.4, 0.5) is 0 Å². The maximum atomic E-state index is 6.33. The van der Waals surface area contributed by atoms with Crippen molar-refractivity contribution in [3.8, 4) is 5.75 Å². The van der Waals surface area contributed by atoms with Crippen molar-refractivity contribution in [1.29, 1.82) is 0 Å². The molecule has 1 aromatic rings. The second-order valence-electron chi connectivity index (χ2n) is 6.79. The highest BCUT2D eigenvalue weighted by Crippen LogP contribution is 2.38. The van der Waals surface area contributed by atoms with Gasteiger partial charge in [0.1, 0.15) is 5.75 Å². The van der Waals surface area contributed by atoms with E-state index in [0.29, 0.717) is 0 Å². The van der Waals surface area contributed by atoms with Crippen LogP contribution in [0.5, 0.6) is 5.75 Å². The zero-order valence-electron chi connectivity index (χ0n) is 13.1. The highest BCUT2D eigenvalue weighted by Gasteiger charge is 2.24. The number of nitrogens with one attached hydrogen (secondary N) is 1. The number of methoxy groups -OCH3 is 1. The van der Waals surface area contributed by atoms with Crippen LogP contribution >= 0.6 is 11.6 Å². The third-order valence-electron chi connectivity index (χ3n) is 4.11. The lowest BCUT2D eigenvalue weighted by Crippen LogP contribution is -2.28. The molecule has 0 radical (unpaired) electrons. The first-order chi connectivity index (χ1) is 9.41. The van der Waals surface area contributed by atoms with Crippen LogP contribution in [-0.2, 0) is 11.8 Å². The standard InChI is InChI=1S/C17H26ClNO/c1-17(2,3)15-11-14(18)10-13(16(15)20-4)9-12-5-7-19-8-6-12/h10-12,19H,5-9H2,1-4H3. The van der Waals surface area contributed by atoms with Crippen molar-refractivity contribution in [2.24, 2.45) is 5.92 Å². The van der Waals surface area contributed by atoms with Crippen molar-refractivity contribution in [1.82, 2.24) is 5.32 Å². The molecule has 0 amide bonds. The summed E-state index contributed by atoms with van der Waals surface area (Å²) in [6.45, 7) is 8.86. The highest BCUT2D eigenvalue weighted by molar-refractivity contribution is 6.30. The van der Waals surface area contributed by atoms with Crippen LogP contribution in [0.3, 0.4) is 0 Å². The van der Waals surface area contributed by atoms with Gasteiger partial charge in [-0.15, -0.1) is 0 Å². The van der Waals surface area contributed by atoms with E-state index in [0.717, 1.165) is 36.2 Å². The van der Waals surface area contributed by atoms with E-state index in [9.17, 15) is 0 Å². The molecule has 2 nitrogen and oxygen atoms in total. The smallest absolute Gasteiger partial charge is 0.125 e. The average molecular weight is 296 g/mol. The predicted octanol–water partition coefficient (Wildman–Crippen LogP) is 4.19. The Hall–Kier alpha value is -0.730. The van der Waals surface area contributed by atoms with Crippen molar-refractivity contribution < 1.29 is 4.74 Å². The summed E-state index contributed by atoms with van der Waals surface area (Å²) in [7, 11) is 1.77. The first-order valence-electron chi connectivity index (χ1n) is 7.49. The SMILES string of the molecule is COc1c(CC2CCNCC2)cc(Cl)cc1C(C)(C)C. The van der Waals surface area contributed by atoms with Crippen LogP contribution in [0.1, 0.15) is 44.7 Å². The van der Waals surface area contributed by atoms with Gasteiger partial charge in [0.25, 0.3) is 0 Å². The van der Waals surface area contributed by atoms with Gasteiger partial charge in [-0.05, 0) is 61.4 Å². The summed E-state index contributed by atoms with van der Waals surface area (Å²) >= 11 is 6.33. The van der Waals surface area contributed by atoms with Gasteiger partial charge in [-0.1, -0.05) is 32.4 Å². The van der Waals surface area contributed by atoms with Crippen LogP contribution in [0.25, 0.3) is 0 Å². The van der Waals surface area contributed by atoms with E-state index in [-0.39, 0.29) is 5.41 Å². The summed E-state index contributed by atoms with van der Waals surface area (Å²) in [6, 6.07) is 4.13. The lowest BCUT2D eigenvalue weighted by Gasteiger charge is -2.27. The van der Waals surface area contributed by atoms with E-state index in [1.165, 1.54) is 24.0 Å². The molecule has 20 heavy (non-hydrogen) atoms. The van der Waals surface area contributed by atoms with Gasteiger partial charge in [0.2, 0.25) is 0 Å². The average Bonchev–Trinajstić information content (AvgIpc) is 2.38. The first kappa shape index (κ1) is 15.7. The Kier molecular flexibility index (Phi) is 4.98. The Morgan fingerprint density at radius 3 is 2.45 bits per heavy atom. The second-order valence-corrected chi connectivity index (χ2v) is 7.23. The van der Waals surface area contributed by atoms with Crippen molar-refractivity contribution in [2.75, 3.05) is 20.2 Å². The van der Waals surface area contributed by atoms with Crippen LogP contribution in [0, 0.1) is 5.92 Å². The van der Waals surface area contributed by atoms with Crippen molar-refractivity contribution in [3.63, 3.8) is 0 Å². The third kappa shape index (κ3) is 3.67. The number of piperidine rings is 1. The van der Waals surface area contributed by atoms with Gasteiger partial charge in [0.15, 0.2) is 0 Å². The van der Waals surface area contributed by atoms with Gasteiger partial charge in [-0.25, -0.2) is 0 Å². The van der Waals surface area contributed by atoms with Gasteiger partial charge < -0.3 is 10.1 Å². The molecule has 0 unspecified atom stereocenters. The van der Waals surface area contributed by atoms with Crippen LogP contribution < -0.4 is 10.1 Å². The number of hydrogen-bond donors (Lipinski definition) is 1. The maximum Gasteiger partial charge on any atom is 0.125 e. The Labute approximate surface area is 127 Å². The molecule has 1 N–H and O–H groups in total. The summed E-state index contributed by atoms with van der Waals surface area (Å²) in [5, 5.41) is 4.24. The molecule has 1 saturated heterocycles. The maximum absolute atomic E-state index is 6.33. The Bertz CT molecular complexity index is 459. The summed E-state index contributed by atoms with van der Waals surface area (Å²) in [6.07, 6.45) is 3.54. The Balaban J connectivity index is 2.33. The van der Waals surface area contributed by atoms with Gasteiger partial charge in [-0.2, -0.15) is 0 Å². The van der Waals surface area contributed by atoms with E-state index >= 15 is 0 Å². The molecule has 0 bridgehead atoms. The molecule has 2 rings (SSSR count). The molecule has 112 valence electrons. The summed E-state index contributed by atoms with van der Waals surface area (Å²) in [4.78, 5) is 0. The summed E-state index contributed by atoms with van der Waals surface area (Å²) < 4.78 is 5.73. The molecule has 0 aliphatic carbocycles. The monoisotopic (exact) mass is 295 g/mol. The van der Waals surface area contributed by atoms with Gasteiger partial charge >= 0.3 is 0 Å². The molecule has 1 aliphatic rings. The number of benzene rings is 1. The van der Waals surface area contributed by atoms with E-state index in [1.54, 1.807) is 7.11 Å². The number of hydrogen-bond acceptors (Lipinski definition) is 2. The second kappa shape index (κ2) is 6.36. The highest BCUT2D eigenvalue weighted by atomic mass is 35.5. The molecule has 0 atom stereocenters. The molecule has 0 saturated carbocycles. The van der Waals surface area contributed by atoms with Gasteiger partial charge in [0.05, 0.1) is 7.11 Å². The van der Waals surface area contributed by atoms with E-state index in [1.807, 2.05) is 6.07 Å². The van der Waals surface area contributed by atoms with Crippen LogP contribution in [-0.4, -0.2) is 20.2 Å². The van der Waals surface area contributed by atoms with E-state index in [2.05, 4.69) is 32.2 Å². The predicted molar refractivity (Wildman–Crippen MR) is 86.0 cm³/mol. The van der Waals surface area contributed by atoms with Crippen molar-refractivity contribution in [2.45, 2.75) is 45.4 Å². The zero-order chi connectivity index (χ0) is 14.8. The lowest BCUT2D eigenvalue weighted by atomic mass is 9.83. The summed E-state index contributed by atoms with van der Waals surface area (Å²) in [5.74, 6) is 1.76. The molecule has 1 aliphatic heterocycles. The van der Waals surface area contributed by atoms with Gasteiger partial charge in [0, 0.05) is 10.6 Å². The molecule has 0 aromatic heterocycles. The van der Waals surface area contributed by atoms with Crippen LogP contribution in [0.2, 0.25) is 5.02 Å². The third-order valence-corrected chi connectivity index (χ3v) is 4.33. The molecule has 0 spiro atoms. The normalized spacial score (nSPS) is 17.2. The quantitative estimate of drug-likeness (QED) is 0.903. The minimum Gasteiger partial charge on any atom is -0.496 e. The fourth-order valence-electron chi connectivity index (χ4n) is 3.00. The Morgan fingerprint density at radius 2 is 1.90 bits per heavy atom. The fraction of sp³-hybridized carbons (Fsp3) is 0.647. The minimum atomic E-state index is 0.0408. The zero-order valence-corrected chi connectivity index (χ0v) is 13.8. The van der Waals surface area contributed by atoms with E-state index in [4.69, 9.17) is 16.3 Å². The number of halogens is 1. The lowest BCUT2D eigenvalue weighted by molar-refractivity contribution is 0.356. The van der Waals surface area contributed by atoms with E-state index < -0.39 is 0 Å². The molecular weight excluding hydrogens is 270 g/mol. The number of ether oxygens (including phenoxy) is 1. The van der Waals surface area contributed by atoms with Gasteiger partial charge in [-0.3, -0.25) is 0 Å². The first-order valence-corrected chi connectivity index (χ1v) is 7.87. The molecule has 1 fully saturated rings. The molecule has 3 heteroatoms. The molecule has 1 aromatic carbocycles. The minimum absolute atomic E-state index is 0.0408. The van der Waals surface area contributed by atoms with Crippen molar-refractivity contribution >= 4 is 11.6 Å². The Morgan fingerprint density at radius 1 is 1.25 bits per heavy atom. The summed E-state index contributed by atoms with van der Waals surface area (Å²) in [5.41, 5.74) is 2.51. The van der Waals surface area contributed by atoms with Crippen LogP contribution in [0.15, 0.2) is 12.1 Å². The molecule has 1 heterocycles. The largest absolute Gasteiger partial charge is 0.496 e. The molecular formula is C17H26ClNO.